The van der Waals surface area contributed by atoms with Crippen molar-refractivity contribution in [3.05, 3.63) is 59.1 Å². The average molecular weight is 391 g/mol. The molecule has 1 amide bonds. The van der Waals surface area contributed by atoms with E-state index in [-0.39, 0.29) is 15.7 Å². The highest BCUT2D eigenvalue weighted by Crippen LogP contribution is 2.19. The summed E-state index contributed by atoms with van der Waals surface area (Å²) in [6.45, 7) is 1.31. The molecule has 0 aromatic heterocycles. The number of halogens is 3. The van der Waals surface area contributed by atoms with Gasteiger partial charge in [0.25, 0.3) is 15.9 Å². The quantitative estimate of drug-likeness (QED) is 0.742. The normalized spacial score (nSPS) is 12.5. The molecule has 0 bridgehead atoms. The predicted molar refractivity (Wildman–Crippen MR) is 86.4 cm³/mol. The molecule has 10 heteroatoms. The van der Waals surface area contributed by atoms with E-state index in [9.17, 15) is 22.0 Å². The molecule has 0 aliphatic rings. The fourth-order valence-electron chi connectivity index (χ4n) is 1.71. The van der Waals surface area contributed by atoms with Gasteiger partial charge in [0.1, 0.15) is 5.82 Å². The van der Waals surface area contributed by atoms with E-state index in [4.69, 9.17) is 16.3 Å². The number of sulfonamides is 1. The number of carbonyl (C=O) groups excluding carboxylic acids is 1. The van der Waals surface area contributed by atoms with Gasteiger partial charge < -0.3 is 4.74 Å². The maximum Gasteiger partial charge on any atom is 0.275 e. The van der Waals surface area contributed by atoms with Gasteiger partial charge in [-0.05, 0) is 37.3 Å². The third-order valence-corrected chi connectivity index (χ3v) is 4.55. The zero-order valence-corrected chi connectivity index (χ0v) is 14.4. The lowest BCUT2D eigenvalue weighted by Crippen LogP contribution is -2.47. The predicted octanol–water partition coefficient (Wildman–Crippen LogP) is 2.40. The van der Waals surface area contributed by atoms with Crippen LogP contribution in [0.1, 0.15) is 6.92 Å². The third-order valence-electron chi connectivity index (χ3n) is 3.02. The summed E-state index contributed by atoms with van der Waals surface area (Å²) in [6.07, 6.45) is -1.18. The van der Waals surface area contributed by atoms with Crippen molar-refractivity contribution in [1.82, 2.24) is 10.3 Å². The van der Waals surface area contributed by atoms with Crippen LogP contribution in [0.3, 0.4) is 0 Å². The van der Waals surface area contributed by atoms with Crippen LogP contribution < -0.4 is 15.0 Å². The number of amides is 1. The van der Waals surface area contributed by atoms with E-state index in [1.165, 1.54) is 25.1 Å². The summed E-state index contributed by atoms with van der Waals surface area (Å²) in [6, 6.07) is 8.20. The summed E-state index contributed by atoms with van der Waals surface area (Å²) < 4.78 is 55.7. The Morgan fingerprint density at radius 3 is 2.48 bits per heavy atom. The summed E-state index contributed by atoms with van der Waals surface area (Å²) in [4.78, 5) is 13.4. The van der Waals surface area contributed by atoms with Crippen LogP contribution in [0.15, 0.2) is 47.4 Å². The first-order chi connectivity index (χ1) is 11.7. The fraction of sp³-hybridized carbons (Fsp3) is 0.133. The standard InChI is InChI=1S/C15H13ClF2N2O4S/c1-9(24-14-5-3-2-4-13(14)18)15(21)19-20-25(22,23)10-6-7-12(17)11(16)8-10/h2-9,20H,1H3,(H,19,21)/t9-/m0/s1. The first-order valence-electron chi connectivity index (χ1n) is 6.88. The second-order valence-corrected chi connectivity index (χ2v) is 6.95. The molecular weight excluding hydrogens is 378 g/mol. The first kappa shape index (κ1) is 19.1. The van der Waals surface area contributed by atoms with E-state index < -0.39 is 33.7 Å². The largest absolute Gasteiger partial charge is 0.478 e. The Hall–Kier alpha value is -2.23. The van der Waals surface area contributed by atoms with Crippen molar-refractivity contribution in [3.8, 4) is 5.75 Å². The maximum atomic E-state index is 13.5. The summed E-state index contributed by atoms with van der Waals surface area (Å²) in [5.74, 6) is -2.46. The van der Waals surface area contributed by atoms with Crippen molar-refractivity contribution in [2.75, 3.05) is 0 Å². The number of carbonyl (C=O) groups is 1. The highest BCUT2D eigenvalue weighted by atomic mass is 35.5. The Morgan fingerprint density at radius 1 is 1.16 bits per heavy atom. The Bertz CT molecular complexity index is 893. The lowest BCUT2D eigenvalue weighted by atomic mass is 10.3. The Kier molecular flexibility index (Phi) is 5.93. The van der Waals surface area contributed by atoms with Gasteiger partial charge in [-0.15, -0.1) is 4.83 Å². The highest BCUT2D eigenvalue weighted by Gasteiger charge is 2.21. The Balaban J connectivity index is 2.00. The number of para-hydroxylation sites is 1. The van der Waals surface area contributed by atoms with Crippen LogP contribution in [0.25, 0.3) is 0 Å². The Morgan fingerprint density at radius 2 is 1.84 bits per heavy atom. The van der Waals surface area contributed by atoms with Gasteiger partial charge in [-0.3, -0.25) is 10.2 Å². The second kappa shape index (κ2) is 7.77. The van der Waals surface area contributed by atoms with Gasteiger partial charge in [0.15, 0.2) is 17.7 Å². The molecule has 134 valence electrons. The number of hydrazine groups is 1. The molecule has 2 aromatic carbocycles. The van der Waals surface area contributed by atoms with Gasteiger partial charge in [-0.2, -0.15) is 0 Å². The highest BCUT2D eigenvalue weighted by molar-refractivity contribution is 7.89. The first-order valence-corrected chi connectivity index (χ1v) is 8.75. The zero-order valence-electron chi connectivity index (χ0n) is 12.8. The molecule has 0 saturated heterocycles. The average Bonchev–Trinajstić information content (AvgIpc) is 2.57. The number of ether oxygens (including phenoxy) is 1. The van der Waals surface area contributed by atoms with E-state index in [0.29, 0.717) is 0 Å². The molecule has 1 atom stereocenters. The van der Waals surface area contributed by atoms with Crippen LogP contribution in [0.2, 0.25) is 5.02 Å². The number of hydrogen-bond donors (Lipinski definition) is 2. The molecular formula is C15H13ClF2N2O4S. The molecule has 0 aliphatic carbocycles. The Labute approximate surface area is 147 Å². The number of hydrogen-bond acceptors (Lipinski definition) is 4. The van der Waals surface area contributed by atoms with E-state index in [2.05, 4.69) is 0 Å². The third kappa shape index (κ3) is 4.88. The van der Waals surface area contributed by atoms with Crippen molar-refractivity contribution in [2.24, 2.45) is 0 Å². The minimum absolute atomic E-state index is 0.154. The summed E-state index contributed by atoms with van der Waals surface area (Å²) in [5, 5.41) is -0.384. The summed E-state index contributed by atoms with van der Waals surface area (Å²) >= 11 is 5.53. The molecule has 0 heterocycles. The molecule has 0 unspecified atom stereocenters. The smallest absolute Gasteiger partial charge is 0.275 e. The van der Waals surface area contributed by atoms with Crippen LogP contribution >= 0.6 is 11.6 Å². The molecule has 0 spiro atoms. The number of rotatable bonds is 6. The lowest BCUT2D eigenvalue weighted by molar-refractivity contribution is -0.127. The van der Waals surface area contributed by atoms with Crippen molar-refractivity contribution in [2.45, 2.75) is 17.9 Å². The van der Waals surface area contributed by atoms with Crippen LogP contribution in [0.4, 0.5) is 8.78 Å². The molecule has 0 fully saturated rings. The van der Waals surface area contributed by atoms with Crippen molar-refractivity contribution in [3.63, 3.8) is 0 Å². The fourth-order valence-corrected chi connectivity index (χ4v) is 2.82. The SMILES string of the molecule is C[C@H](Oc1ccccc1F)C(=O)NNS(=O)(=O)c1ccc(F)c(Cl)c1. The van der Waals surface area contributed by atoms with E-state index >= 15 is 0 Å². The van der Waals surface area contributed by atoms with Gasteiger partial charge in [-0.25, -0.2) is 17.2 Å². The maximum absolute atomic E-state index is 13.5. The van der Waals surface area contributed by atoms with Gasteiger partial charge in [0.2, 0.25) is 0 Å². The summed E-state index contributed by atoms with van der Waals surface area (Å²) in [5.41, 5.74) is 1.93. The van der Waals surface area contributed by atoms with Crippen molar-refractivity contribution < 1.29 is 26.7 Å². The minimum atomic E-state index is -4.17. The zero-order chi connectivity index (χ0) is 18.6. The molecule has 0 aliphatic heterocycles. The van der Waals surface area contributed by atoms with Gasteiger partial charge in [0.05, 0.1) is 9.92 Å². The molecule has 6 nitrogen and oxygen atoms in total. The van der Waals surface area contributed by atoms with E-state index in [1.54, 1.807) is 0 Å². The van der Waals surface area contributed by atoms with Crippen LogP contribution in [-0.2, 0) is 14.8 Å². The molecule has 0 radical (unpaired) electrons. The topological polar surface area (TPSA) is 84.5 Å². The molecule has 0 saturated carbocycles. The van der Waals surface area contributed by atoms with Gasteiger partial charge in [-0.1, -0.05) is 23.7 Å². The second-order valence-electron chi connectivity index (χ2n) is 4.86. The van der Waals surface area contributed by atoms with Crippen molar-refractivity contribution in [1.29, 1.82) is 0 Å². The molecule has 25 heavy (non-hydrogen) atoms. The summed E-state index contributed by atoms with van der Waals surface area (Å²) in [7, 11) is -4.17. The van der Waals surface area contributed by atoms with Gasteiger partial charge >= 0.3 is 0 Å². The lowest BCUT2D eigenvalue weighted by Gasteiger charge is -2.15. The van der Waals surface area contributed by atoms with E-state index in [0.717, 1.165) is 24.3 Å². The van der Waals surface area contributed by atoms with Crippen molar-refractivity contribution >= 4 is 27.5 Å². The van der Waals surface area contributed by atoms with Crippen LogP contribution in [-0.4, -0.2) is 20.4 Å². The number of nitrogens with one attached hydrogen (secondary N) is 2. The van der Waals surface area contributed by atoms with Gasteiger partial charge in [0, 0.05) is 0 Å². The molecule has 2 rings (SSSR count). The minimum Gasteiger partial charge on any atom is -0.478 e. The monoisotopic (exact) mass is 390 g/mol. The van der Waals surface area contributed by atoms with Crippen LogP contribution in [0, 0.1) is 11.6 Å². The van der Waals surface area contributed by atoms with E-state index in [1.807, 2.05) is 10.3 Å². The van der Waals surface area contributed by atoms with Crippen LogP contribution in [0.5, 0.6) is 5.75 Å². The molecule has 2 N–H and O–H groups in total. The molecule has 2 aromatic rings. The number of benzene rings is 2.